The van der Waals surface area contributed by atoms with Crippen molar-refractivity contribution in [1.82, 2.24) is 15.1 Å². The van der Waals surface area contributed by atoms with Crippen LogP contribution in [-0.4, -0.2) is 60.9 Å². The van der Waals surface area contributed by atoms with Gasteiger partial charge in [-0.05, 0) is 31.9 Å². The van der Waals surface area contributed by atoms with Gasteiger partial charge >= 0.3 is 0 Å². The Morgan fingerprint density at radius 3 is 2.28 bits per heavy atom. The molecule has 0 unspecified atom stereocenters. The summed E-state index contributed by atoms with van der Waals surface area (Å²) in [5.41, 5.74) is 2.89. The average Bonchev–Trinajstić information content (AvgIpc) is 2.57. The van der Waals surface area contributed by atoms with Crippen LogP contribution in [0.15, 0.2) is 18.2 Å². The van der Waals surface area contributed by atoms with E-state index in [1.165, 1.54) is 0 Å². The minimum atomic E-state index is 0.0219. The molecule has 138 valence electrons. The van der Waals surface area contributed by atoms with Crippen molar-refractivity contribution in [2.24, 2.45) is 5.92 Å². The van der Waals surface area contributed by atoms with Crippen LogP contribution in [0.3, 0.4) is 0 Å². The van der Waals surface area contributed by atoms with Crippen molar-refractivity contribution in [2.75, 3.05) is 39.3 Å². The molecule has 5 heteroatoms. The number of nitrogens with one attached hydrogen (secondary N) is 1. The first-order valence-electron chi connectivity index (χ1n) is 9.23. The molecular weight excluding hydrogens is 314 g/mol. The third-order valence-electron chi connectivity index (χ3n) is 4.41. The summed E-state index contributed by atoms with van der Waals surface area (Å²) in [6.45, 7) is 12.6. The van der Waals surface area contributed by atoms with Crippen LogP contribution in [0.25, 0.3) is 0 Å². The lowest BCUT2D eigenvalue weighted by molar-refractivity contribution is -0.132. The number of amides is 2. The van der Waals surface area contributed by atoms with E-state index >= 15 is 0 Å². The number of piperazine rings is 1. The molecule has 1 aromatic rings. The first-order valence-corrected chi connectivity index (χ1v) is 9.23. The zero-order chi connectivity index (χ0) is 18.4. The number of aryl methyl sites for hydroxylation is 2. The van der Waals surface area contributed by atoms with Crippen LogP contribution in [0.1, 0.15) is 41.8 Å². The molecule has 25 heavy (non-hydrogen) atoms. The second kappa shape index (κ2) is 8.99. The zero-order valence-corrected chi connectivity index (χ0v) is 16.0. The highest BCUT2D eigenvalue weighted by atomic mass is 16.2. The van der Waals surface area contributed by atoms with Crippen molar-refractivity contribution < 1.29 is 9.59 Å². The van der Waals surface area contributed by atoms with Crippen molar-refractivity contribution in [3.8, 4) is 0 Å². The molecule has 1 aromatic carbocycles. The van der Waals surface area contributed by atoms with Crippen molar-refractivity contribution in [3.63, 3.8) is 0 Å². The van der Waals surface area contributed by atoms with Crippen molar-refractivity contribution in [1.29, 1.82) is 0 Å². The number of hydrogen-bond donors (Lipinski definition) is 1. The van der Waals surface area contributed by atoms with Crippen molar-refractivity contribution >= 4 is 11.8 Å². The molecule has 2 amide bonds. The van der Waals surface area contributed by atoms with E-state index in [0.29, 0.717) is 31.0 Å². The molecule has 0 aliphatic carbocycles. The fourth-order valence-electron chi connectivity index (χ4n) is 3.30. The fraction of sp³-hybridized carbons (Fsp3) is 0.600. The SMILES string of the molecule is Cc1cc(C)cc(C(=O)N(CCC(=O)N2CCNCC2)CC(C)C)c1. The van der Waals surface area contributed by atoms with Gasteiger partial charge < -0.3 is 15.1 Å². The Morgan fingerprint density at radius 1 is 1.12 bits per heavy atom. The van der Waals surface area contributed by atoms with E-state index < -0.39 is 0 Å². The largest absolute Gasteiger partial charge is 0.340 e. The molecule has 0 radical (unpaired) electrons. The molecule has 0 spiro atoms. The zero-order valence-electron chi connectivity index (χ0n) is 16.0. The predicted molar refractivity (Wildman–Crippen MR) is 101 cm³/mol. The number of hydrogen-bond acceptors (Lipinski definition) is 3. The number of benzene rings is 1. The summed E-state index contributed by atoms with van der Waals surface area (Å²) in [4.78, 5) is 29.1. The quantitative estimate of drug-likeness (QED) is 0.860. The lowest BCUT2D eigenvalue weighted by atomic mass is 10.1. The van der Waals surface area contributed by atoms with Crippen LogP contribution >= 0.6 is 0 Å². The summed E-state index contributed by atoms with van der Waals surface area (Å²) in [6.07, 6.45) is 0.392. The summed E-state index contributed by atoms with van der Waals surface area (Å²) < 4.78 is 0. The van der Waals surface area contributed by atoms with Crippen LogP contribution in [-0.2, 0) is 4.79 Å². The van der Waals surface area contributed by atoms with E-state index in [4.69, 9.17) is 0 Å². The average molecular weight is 345 g/mol. The molecule has 0 aromatic heterocycles. The Balaban J connectivity index is 2.04. The number of carbonyl (C=O) groups is 2. The van der Waals surface area contributed by atoms with Crippen LogP contribution in [0, 0.1) is 19.8 Å². The molecule has 1 saturated heterocycles. The van der Waals surface area contributed by atoms with Gasteiger partial charge in [0.2, 0.25) is 5.91 Å². The van der Waals surface area contributed by atoms with Crippen LogP contribution in [0.2, 0.25) is 0 Å². The van der Waals surface area contributed by atoms with Gasteiger partial charge in [0.1, 0.15) is 0 Å². The van der Waals surface area contributed by atoms with Crippen molar-refractivity contribution in [3.05, 3.63) is 34.9 Å². The van der Waals surface area contributed by atoms with E-state index in [-0.39, 0.29) is 11.8 Å². The van der Waals surface area contributed by atoms with E-state index in [2.05, 4.69) is 25.2 Å². The Bertz CT molecular complexity index is 587. The number of nitrogens with zero attached hydrogens (tertiary/aromatic N) is 2. The third kappa shape index (κ3) is 5.85. The topological polar surface area (TPSA) is 52.7 Å². The number of carbonyl (C=O) groups excluding carboxylic acids is 2. The summed E-state index contributed by atoms with van der Waals surface area (Å²) in [5.74, 6) is 0.529. The summed E-state index contributed by atoms with van der Waals surface area (Å²) in [7, 11) is 0. The Hall–Kier alpha value is -1.88. The summed E-state index contributed by atoms with van der Waals surface area (Å²) >= 11 is 0. The molecule has 1 N–H and O–H groups in total. The maximum absolute atomic E-state index is 13.0. The monoisotopic (exact) mass is 345 g/mol. The van der Waals surface area contributed by atoms with E-state index in [1.807, 2.05) is 35.8 Å². The summed E-state index contributed by atoms with van der Waals surface area (Å²) in [6, 6.07) is 5.93. The van der Waals surface area contributed by atoms with Gasteiger partial charge in [-0.3, -0.25) is 9.59 Å². The van der Waals surface area contributed by atoms with Crippen LogP contribution in [0.5, 0.6) is 0 Å². The molecule has 1 aliphatic rings. The van der Waals surface area contributed by atoms with Gasteiger partial charge in [-0.1, -0.05) is 31.0 Å². The molecule has 0 saturated carbocycles. The first kappa shape index (κ1) is 19.4. The molecule has 0 bridgehead atoms. The maximum atomic E-state index is 13.0. The van der Waals surface area contributed by atoms with Gasteiger partial charge in [0.25, 0.3) is 5.91 Å². The lowest BCUT2D eigenvalue weighted by Gasteiger charge is -2.29. The lowest BCUT2D eigenvalue weighted by Crippen LogP contribution is -2.47. The molecular formula is C20H31N3O2. The minimum Gasteiger partial charge on any atom is -0.340 e. The van der Waals surface area contributed by atoms with Crippen LogP contribution in [0.4, 0.5) is 0 Å². The van der Waals surface area contributed by atoms with Gasteiger partial charge in [0.05, 0.1) is 0 Å². The second-order valence-electron chi connectivity index (χ2n) is 7.40. The van der Waals surface area contributed by atoms with Gasteiger partial charge in [-0.25, -0.2) is 0 Å². The Morgan fingerprint density at radius 2 is 1.72 bits per heavy atom. The smallest absolute Gasteiger partial charge is 0.253 e. The molecule has 1 fully saturated rings. The predicted octanol–water partition coefficient (Wildman–Crippen LogP) is 2.22. The Kier molecular flexibility index (Phi) is 7.00. The highest BCUT2D eigenvalue weighted by Crippen LogP contribution is 2.14. The van der Waals surface area contributed by atoms with E-state index in [9.17, 15) is 9.59 Å². The molecule has 1 heterocycles. The second-order valence-corrected chi connectivity index (χ2v) is 7.40. The Labute approximate surface area is 151 Å². The normalized spacial score (nSPS) is 14.7. The summed E-state index contributed by atoms with van der Waals surface area (Å²) in [5, 5.41) is 3.25. The molecule has 2 rings (SSSR count). The van der Waals surface area contributed by atoms with E-state index in [1.54, 1.807) is 0 Å². The highest BCUT2D eigenvalue weighted by molar-refractivity contribution is 5.95. The highest BCUT2D eigenvalue weighted by Gasteiger charge is 2.21. The van der Waals surface area contributed by atoms with Gasteiger partial charge in [0, 0.05) is 51.3 Å². The van der Waals surface area contributed by atoms with Gasteiger partial charge in [-0.15, -0.1) is 0 Å². The standard InChI is InChI=1S/C20H31N3O2/c1-15(2)14-23(8-5-19(24)22-9-6-21-7-10-22)20(25)18-12-16(3)11-17(4)13-18/h11-13,15,21H,5-10,14H2,1-4H3. The van der Waals surface area contributed by atoms with Gasteiger partial charge in [-0.2, -0.15) is 0 Å². The van der Waals surface area contributed by atoms with Crippen molar-refractivity contribution in [2.45, 2.75) is 34.1 Å². The molecule has 1 aliphatic heterocycles. The first-order chi connectivity index (χ1) is 11.9. The number of rotatable bonds is 6. The maximum Gasteiger partial charge on any atom is 0.253 e. The molecule has 5 nitrogen and oxygen atoms in total. The minimum absolute atomic E-state index is 0.0219. The van der Waals surface area contributed by atoms with Gasteiger partial charge in [0.15, 0.2) is 0 Å². The van der Waals surface area contributed by atoms with Crippen LogP contribution < -0.4 is 5.32 Å². The van der Waals surface area contributed by atoms with E-state index in [0.717, 1.165) is 37.3 Å². The fourth-order valence-corrected chi connectivity index (χ4v) is 3.30. The third-order valence-corrected chi connectivity index (χ3v) is 4.41. The molecule has 0 atom stereocenters.